The van der Waals surface area contributed by atoms with E-state index < -0.39 is 23.2 Å². The number of rotatable bonds is 5. The topological polar surface area (TPSA) is 69.6 Å². The van der Waals surface area contributed by atoms with Crippen LogP contribution >= 0.6 is 0 Å². The van der Waals surface area contributed by atoms with Gasteiger partial charge in [-0.1, -0.05) is 0 Å². The van der Waals surface area contributed by atoms with Crippen molar-refractivity contribution in [3.8, 4) is 0 Å². The third kappa shape index (κ3) is 4.72. The minimum atomic E-state index is -4.42. The van der Waals surface area contributed by atoms with E-state index in [1.807, 2.05) is 0 Å². The maximum Gasteiger partial charge on any atom is 0.416 e. The Labute approximate surface area is 143 Å². The molecule has 1 aromatic rings. The van der Waals surface area contributed by atoms with Gasteiger partial charge in [-0.25, -0.2) is 0 Å². The van der Waals surface area contributed by atoms with E-state index in [2.05, 4.69) is 5.32 Å². The molecule has 2 rings (SSSR count). The van der Waals surface area contributed by atoms with Crippen molar-refractivity contribution in [2.24, 2.45) is 5.92 Å². The number of alkyl halides is 3. The summed E-state index contributed by atoms with van der Waals surface area (Å²) in [7, 11) is 0. The summed E-state index contributed by atoms with van der Waals surface area (Å²) in [6.07, 6.45) is -3.99. The molecule has 0 radical (unpaired) electrons. The van der Waals surface area contributed by atoms with E-state index >= 15 is 0 Å². The Bertz CT molecular complexity index is 642. The quantitative estimate of drug-likeness (QED) is 0.849. The molecule has 0 bridgehead atoms. The van der Waals surface area contributed by atoms with Gasteiger partial charge < -0.3 is 15.3 Å². The van der Waals surface area contributed by atoms with Crippen LogP contribution in [0.3, 0.4) is 0 Å². The Hall–Kier alpha value is -2.09. The van der Waals surface area contributed by atoms with Gasteiger partial charge in [0.2, 0.25) is 11.8 Å². The third-order valence-corrected chi connectivity index (χ3v) is 4.13. The molecule has 0 spiro atoms. The molecule has 1 heterocycles. The van der Waals surface area contributed by atoms with E-state index in [0.29, 0.717) is 18.7 Å². The molecule has 1 fully saturated rings. The van der Waals surface area contributed by atoms with Gasteiger partial charge in [0.1, 0.15) is 0 Å². The molecule has 25 heavy (non-hydrogen) atoms. The molecule has 2 N–H and O–H groups in total. The molecule has 1 aliphatic heterocycles. The number of aliphatic hydroxyl groups excluding tert-OH is 1. The molecular weight excluding hydrogens is 337 g/mol. The zero-order chi connectivity index (χ0) is 18.8. The second-order valence-corrected chi connectivity index (χ2v) is 6.81. The van der Waals surface area contributed by atoms with Crippen molar-refractivity contribution < 1.29 is 27.9 Å². The second kappa shape index (κ2) is 7.03. The number of hydrogen-bond donors (Lipinski definition) is 2. The number of amides is 2. The standard InChI is InChI=1S/C17H21F3N2O3/c1-16(2,10-23)21-14(24)9-11-7-8-22(15(11)25)13-5-3-12(4-6-13)17(18,19)20/h3-6,11,23H,7-10H2,1-2H3,(H,21,24). The van der Waals surface area contributed by atoms with Crippen molar-refractivity contribution in [2.75, 3.05) is 18.1 Å². The van der Waals surface area contributed by atoms with Crippen LogP contribution in [-0.4, -0.2) is 35.6 Å². The minimum absolute atomic E-state index is 0.0145. The Morgan fingerprint density at radius 2 is 1.88 bits per heavy atom. The van der Waals surface area contributed by atoms with Crippen molar-refractivity contribution in [3.63, 3.8) is 0 Å². The molecule has 0 aliphatic carbocycles. The average molecular weight is 358 g/mol. The first kappa shape index (κ1) is 19.2. The number of aliphatic hydroxyl groups is 1. The van der Waals surface area contributed by atoms with Crippen molar-refractivity contribution in [1.82, 2.24) is 5.32 Å². The van der Waals surface area contributed by atoms with Gasteiger partial charge in [0, 0.05) is 24.6 Å². The van der Waals surface area contributed by atoms with Crippen molar-refractivity contribution in [2.45, 2.75) is 38.4 Å². The predicted molar refractivity (Wildman–Crippen MR) is 85.8 cm³/mol. The van der Waals surface area contributed by atoms with E-state index in [1.54, 1.807) is 13.8 Å². The molecule has 2 amide bonds. The Morgan fingerprint density at radius 1 is 1.28 bits per heavy atom. The summed E-state index contributed by atoms with van der Waals surface area (Å²) in [4.78, 5) is 25.8. The van der Waals surface area contributed by atoms with E-state index in [-0.39, 0.29) is 24.8 Å². The molecule has 138 valence electrons. The molecule has 1 aliphatic rings. The monoisotopic (exact) mass is 358 g/mol. The van der Waals surface area contributed by atoms with Crippen LogP contribution in [-0.2, 0) is 15.8 Å². The fourth-order valence-corrected chi connectivity index (χ4v) is 2.71. The van der Waals surface area contributed by atoms with Crippen LogP contribution in [0.2, 0.25) is 0 Å². The lowest BCUT2D eigenvalue weighted by atomic mass is 10.0. The molecule has 1 unspecified atom stereocenters. The van der Waals surface area contributed by atoms with Gasteiger partial charge in [0.25, 0.3) is 0 Å². The molecule has 8 heteroatoms. The largest absolute Gasteiger partial charge is 0.416 e. The lowest BCUT2D eigenvalue weighted by Gasteiger charge is -2.24. The molecule has 0 aromatic heterocycles. The minimum Gasteiger partial charge on any atom is -0.394 e. The summed E-state index contributed by atoms with van der Waals surface area (Å²) in [6.45, 7) is 3.45. The molecular formula is C17H21F3N2O3. The first-order chi connectivity index (χ1) is 11.5. The third-order valence-electron chi connectivity index (χ3n) is 4.13. The van der Waals surface area contributed by atoms with E-state index in [0.717, 1.165) is 12.1 Å². The van der Waals surface area contributed by atoms with Crippen molar-refractivity contribution in [1.29, 1.82) is 0 Å². The summed E-state index contributed by atoms with van der Waals surface area (Å²) in [5.41, 5.74) is -1.16. The maximum absolute atomic E-state index is 12.6. The van der Waals surface area contributed by atoms with Gasteiger partial charge in [-0.05, 0) is 44.5 Å². The van der Waals surface area contributed by atoms with E-state index in [4.69, 9.17) is 5.11 Å². The summed E-state index contributed by atoms with van der Waals surface area (Å²) >= 11 is 0. The smallest absolute Gasteiger partial charge is 0.394 e. The fraction of sp³-hybridized carbons (Fsp3) is 0.529. The van der Waals surface area contributed by atoms with Crippen LogP contribution in [0.5, 0.6) is 0 Å². The highest BCUT2D eigenvalue weighted by Crippen LogP contribution is 2.32. The zero-order valence-corrected chi connectivity index (χ0v) is 14.1. The molecule has 1 aromatic carbocycles. The predicted octanol–water partition coefficient (Wildman–Crippen LogP) is 2.34. The van der Waals surface area contributed by atoms with Gasteiger partial charge in [-0.3, -0.25) is 9.59 Å². The lowest BCUT2D eigenvalue weighted by Crippen LogP contribution is -2.47. The van der Waals surface area contributed by atoms with Crippen LogP contribution in [0, 0.1) is 5.92 Å². The Kier molecular flexibility index (Phi) is 5.41. The summed E-state index contributed by atoms with van der Waals surface area (Å²) < 4.78 is 37.8. The number of halogens is 3. The van der Waals surface area contributed by atoms with E-state index in [9.17, 15) is 22.8 Å². The van der Waals surface area contributed by atoms with Crippen LogP contribution in [0.25, 0.3) is 0 Å². The summed E-state index contributed by atoms with van der Waals surface area (Å²) in [5, 5.41) is 11.8. The highest BCUT2D eigenvalue weighted by molar-refractivity contribution is 5.99. The second-order valence-electron chi connectivity index (χ2n) is 6.81. The normalized spacial score (nSPS) is 18.6. The van der Waals surface area contributed by atoms with E-state index in [1.165, 1.54) is 17.0 Å². The van der Waals surface area contributed by atoms with Crippen LogP contribution < -0.4 is 10.2 Å². The number of carbonyl (C=O) groups excluding carboxylic acids is 2. The first-order valence-corrected chi connectivity index (χ1v) is 7.94. The number of benzene rings is 1. The summed E-state index contributed by atoms with van der Waals surface area (Å²) in [5.74, 6) is -1.14. The molecule has 1 atom stereocenters. The molecule has 1 saturated heterocycles. The number of anilines is 1. The lowest BCUT2D eigenvalue weighted by molar-refractivity contribution is -0.137. The number of carbonyl (C=O) groups is 2. The number of hydrogen-bond acceptors (Lipinski definition) is 3. The van der Waals surface area contributed by atoms with Gasteiger partial charge in [0.05, 0.1) is 17.7 Å². The highest BCUT2D eigenvalue weighted by atomic mass is 19.4. The Morgan fingerprint density at radius 3 is 2.40 bits per heavy atom. The van der Waals surface area contributed by atoms with Gasteiger partial charge in [-0.15, -0.1) is 0 Å². The van der Waals surface area contributed by atoms with Gasteiger partial charge in [0.15, 0.2) is 0 Å². The van der Waals surface area contributed by atoms with Crippen LogP contribution in [0.1, 0.15) is 32.3 Å². The SMILES string of the molecule is CC(C)(CO)NC(=O)CC1CCN(c2ccc(C(F)(F)F)cc2)C1=O. The first-order valence-electron chi connectivity index (χ1n) is 7.94. The van der Waals surface area contributed by atoms with Crippen molar-refractivity contribution >= 4 is 17.5 Å². The maximum atomic E-state index is 12.6. The Balaban J connectivity index is 2.01. The van der Waals surface area contributed by atoms with Crippen LogP contribution in [0.15, 0.2) is 24.3 Å². The number of nitrogens with one attached hydrogen (secondary N) is 1. The van der Waals surface area contributed by atoms with Crippen molar-refractivity contribution in [3.05, 3.63) is 29.8 Å². The highest BCUT2D eigenvalue weighted by Gasteiger charge is 2.35. The average Bonchev–Trinajstić information content (AvgIpc) is 2.87. The fourth-order valence-electron chi connectivity index (χ4n) is 2.71. The summed E-state index contributed by atoms with van der Waals surface area (Å²) in [6, 6.07) is 4.40. The molecule has 5 nitrogen and oxygen atoms in total. The number of nitrogens with zero attached hydrogens (tertiary/aromatic N) is 1. The zero-order valence-electron chi connectivity index (χ0n) is 14.1. The van der Waals surface area contributed by atoms with Crippen LogP contribution in [0.4, 0.5) is 18.9 Å². The molecule has 0 saturated carbocycles. The van der Waals surface area contributed by atoms with Gasteiger partial charge in [-0.2, -0.15) is 13.2 Å². The van der Waals surface area contributed by atoms with Gasteiger partial charge >= 0.3 is 6.18 Å².